The number of rotatable bonds is 3. The summed E-state index contributed by atoms with van der Waals surface area (Å²) in [5, 5.41) is 2.32. The number of carbonyl (C=O) groups excluding carboxylic acids is 1. The van der Waals surface area contributed by atoms with Crippen molar-refractivity contribution in [1.29, 1.82) is 0 Å². The van der Waals surface area contributed by atoms with Gasteiger partial charge in [-0.2, -0.15) is 0 Å². The molecule has 0 radical (unpaired) electrons. The molecule has 0 aliphatic heterocycles. The molecule has 0 atom stereocenters. The normalized spacial score (nSPS) is 9.79. The Kier molecular flexibility index (Phi) is 3.97. The molecule has 0 bridgehead atoms. The van der Waals surface area contributed by atoms with E-state index in [1.165, 1.54) is 25.3 Å². The zero-order valence-corrected chi connectivity index (χ0v) is 10.2. The molecule has 0 saturated carbocycles. The van der Waals surface area contributed by atoms with Gasteiger partial charge in [0.1, 0.15) is 5.82 Å². The van der Waals surface area contributed by atoms with Crippen molar-refractivity contribution in [2.24, 2.45) is 0 Å². The molecule has 5 heteroatoms. The number of methoxy groups -OCH3 is 1. The molecule has 0 aliphatic rings. The average Bonchev–Trinajstić information content (AvgIpc) is 2.42. The second-order valence-corrected chi connectivity index (χ2v) is 3.65. The molecular weight excluding hydrogens is 249 g/mol. The predicted octanol–water partition coefficient (Wildman–Crippen LogP) is 3.45. The standard InChI is InChI=1S/C14H12FNO3/c1-18-12-8-4-5-9-13(12)19-14(17)16-11-7-3-2-6-10(11)15/h2-9H,1H3,(H,16,17). The zero-order chi connectivity index (χ0) is 13.7. The number of nitrogens with one attached hydrogen (secondary N) is 1. The summed E-state index contributed by atoms with van der Waals surface area (Å²) in [6.07, 6.45) is -0.783. The summed E-state index contributed by atoms with van der Waals surface area (Å²) in [6, 6.07) is 12.5. The molecule has 98 valence electrons. The summed E-state index contributed by atoms with van der Waals surface area (Å²) < 4.78 is 23.4. The molecule has 4 nitrogen and oxygen atoms in total. The van der Waals surface area contributed by atoms with Crippen molar-refractivity contribution in [3.05, 3.63) is 54.3 Å². The summed E-state index contributed by atoms with van der Waals surface area (Å²) >= 11 is 0. The van der Waals surface area contributed by atoms with Crippen LogP contribution in [0.25, 0.3) is 0 Å². The van der Waals surface area contributed by atoms with Crippen molar-refractivity contribution in [3.8, 4) is 11.5 Å². The molecule has 0 unspecified atom stereocenters. The number of hydrogen-bond donors (Lipinski definition) is 1. The Morgan fingerprint density at radius 3 is 2.37 bits per heavy atom. The van der Waals surface area contributed by atoms with Crippen LogP contribution in [-0.4, -0.2) is 13.2 Å². The third-order valence-electron chi connectivity index (χ3n) is 2.38. The van der Waals surface area contributed by atoms with E-state index < -0.39 is 11.9 Å². The lowest BCUT2D eigenvalue weighted by Crippen LogP contribution is -2.17. The first kappa shape index (κ1) is 12.9. The summed E-state index contributed by atoms with van der Waals surface area (Å²) in [4.78, 5) is 11.6. The highest BCUT2D eigenvalue weighted by Crippen LogP contribution is 2.26. The number of amides is 1. The third kappa shape index (κ3) is 3.22. The SMILES string of the molecule is COc1ccccc1OC(=O)Nc1ccccc1F. The van der Waals surface area contributed by atoms with Crippen molar-refractivity contribution in [1.82, 2.24) is 0 Å². The molecule has 0 aromatic heterocycles. The molecule has 2 aromatic rings. The molecule has 0 aliphatic carbocycles. The molecule has 0 saturated heterocycles. The molecule has 1 N–H and O–H groups in total. The number of ether oxygens (including phenoxy) is 2. The van der Waals surface area contributed by atoms with E-state index in [1.54, 1.807) is 30.3 Å². The van der Waals surface area contributed by atoms with Gasteiger partial charge in [0.25, 0.3) is 0 Å². The minimum absolute atomic E-state index is 0.0578. The van der Waals surface area contributed by atoms with Gasteiger partial charge in [0, 0.05) is 0 Å². The van der Waals surface area contributed by atoms with Crippen LogP contribution in [0.5, 0.6) is 11.5 Å². The minimum Gasteiger partial charge on any atom is -0.493 e. The minimum atomic E-state index is -0.783. The molecule has 0 spiro atoms. The maximum atomic E-state index is 13.3. The Morgan fingerprint density at radius 2 is 1.68 bits per heavy atom. The van der Waals surface area contributed by atoms with E-state index in [4.69, 9.17) is 9.47 Å². The van der Waals surface area contributed by atoms with Crippen LogP contribution < -0.4 is 14.8 Å². The Labute approximate surface area is 109 Å². The predicted molar refractivity (Wildman–Crippen MR) is 69.0 cm³/mol. The number of carbonyl (C=O) groups is 1. The highest BCUT2D eigenvalue weighted by Gasteiger charge is 2.11. The van der Waals surface area contributed by atoms with Crippen LogP contribution in [0, 0.1) is 5.82 Å². The van der Waals surface area contributed by atoms with E-state index >= 15 is 0 Å². The molecule has 0 fully saturated rings. The Morgan fingerprint density at radius 1 is 1.05 bits per heavy atom. The van der Waals surface area contributed by atoms with Gasteiger partial charge in [-0.25, -0.2) is 9.18 Å². The Bertz CT molecular complexity index is 586. The van der Waals surface area contributed by atoms with Crippen LogP contribution in [0.2, 0.25) is 0 Å². The second-order valence-electron chi connectivity index (χ2n) is 3.65. The van der Waals surface area contributed by atoms with Crippen LogP contribution in [0.15, 0.2) is 48.5 Å². The molecule has 1 amide bonds. The summed E-state index contributed by atoms with van der Waals surface area (Å²) in [5.74, 6) is 0.157. The van der Waals surface area contributed by atoms with Crippen LogP contribution in [0.1, 0.15) is 0 Å². The number of benzene rings is 2. The maximum Gasteiger partial charge on any atom is 0.417 e. The summed E-state index contributed by atoms with van der Waals surface area (Å²) in [7, 11) is 1.47. The Balaban J connectivity index is 2.08. The van der Waals surface area contributed by atoms with Gasteiger partial charge in [0.05, 0.1) is 12.8 Å². The Hall–Kier alpha value is -2.56. The fraction of sp³-hybridized carbons (Fsp3) is 0.0714. The first-order chi connectivity index (χ1) is 9.20. The molecule has 2 aromatic carbocycles. The number of anilines is 1. The van der Waals surface area contributed by atoms with Gasteiger partial charge in [-0.1, -0.05) is 24.3 Å². The van der Waals surface area contributed by atoms with Crippen LogP contribution in [-0.2, 0) is 0 Å². The number of para-hydroxylation sites is 3. The topological polar surface area (TPSA) is 47.6 Å². The first-order valence-electron chi connectivity index (χ1n) is 5.57. The van der Waals surface area contributed by atoms with Crippen LogP contribution >= 0.6 is 0 Å². The van der Waals surface area contributed by atoms with E-state index in [-0.39, 0.29) is 11.4 Å². The quantitative estimate of drug-likeness (QED) is 0.920. The van der Waals surface area contributed by atoms with Gasteiger partial charge in [-0.15, -0.1) is 0 Å². The number of hydrogen-bond acceptors (Lipinski definition) is 3. The summed E-state index contributed by atoms with van der Waals surface area (Å²) in [6.45, 7) is 0. The summed E-state index contributed by atoms with van der Waals surface area (Å²) in [5.41, 5.74) is 0.0578. The van der Waals surface area contributed by atoms with Crippen LogP contribution in [0.3, 0.4) is 0 Å². The molecular formula is C14H12FNO3. The van der Waals surface area contributed by atoms with E-state index in [0.29, 0.717) is 5.75 Å². The van der Waals surface area contributed by atoms with Gasteiger partial charge in [0.15, 0.2) is 11.5 Å². The van der Waals surface area contributed by atoms with Crippen molar-refractivity contribution >= 4 is 11.8 Å². The van der Waals surface area contributed by atoms with E-state index in [0.717, 1.165) is 0 Å². The fourth-order valence-electron chi connectivity index (χ4n) is 1.50. The highest BCUT2D eigenvalue weighted by atomic mass is 19.1. The molecule has 2 rings (SSSR count). The van der Waals surface area contributed by atoms with Crippen molar-refractivity contribution < 1.29 is 18.7 Å². The van der Waals surface area contributed by atoms with Crippen molar-refractivity contribution in [3.63, 3.8) is 0 Å². The molecule has 0 heterocycles. The monoisotopic (exact) mass is 261 g/mol. The highest BCUT2D eigenvalue weighted by molar-refractivity contribution is 5.86. The zero-order valence-electron chi connectivity index (χ0n) is 10.2. The first-order valence-corrected chi connectivity index (χ1v) is 5.57. The second kappa shape index (κ2) is 5.86. The van der Waals surface area contributed by atoms with Gasteiger partial charge >= 0.3 is 6.09 Å². The number of halogens is 1. The average molecular weight is 261 g/mol. The molecule has 19 heavy (non-hydrogen) atoms. The lowest BCUT2D eigenvalue weighted by atomic mass is 10.3. The smallest absolute Gasteiger partial charge is 0.417 e. The lowest BCUT2D eigenvalue weighted by Gasteiger charge is -2.10. The largest absolute Gasteiger partial charge is 0.493 e. The van der Waals surface area contributed by atoms with Gasteiger partial charge in [0.2, 0.25) is 0 Å². The van der Waals surface area contributed by atoms with Crippen molar-refractivity contribution in [2.75, 3.05) is 12.4 Å². The van der Waals surface area contributed by atoms with Crippen LogP contribution in [0.4, 0.5) is 14.9 Å². The van der Waals surface area contributed by atoms with E-state index in [9.17, 15) is 9.18 Å². The van der Waals surface area contributed by atoms with E-state index in [1.807, 2.05) is 0 Å². The third-order valence-corrected chi connectivity index (χ3v) is 2.38. The fourth-order valence-corrected chi connectivity index (χ4v) is 1.50. The van der Waals surface area contributed by atoms with Gasteiger partial charge < -0.3 is 9.47 Å². The van der Waals surface area contributed by atoms with Gasteiger partial charge in [-0.05, 0) is 24.3 Å². The van der Waals surface area contributed by atoms with Crippen molar-refractivity contribution in [2.45, 2.75) is 0 Å². The van der Waals surface area contributed by atoms with E-state index in [2.05, 4.69) is 5.32 Å². The van der Waals surface area contributed by atoms with Gasteiger partial charge in [-0.3, -0.25) is 5.32 Å². The maximum absolute atomic E-state index is 13.3. The lowest BCUT2D eigenvalue weighted by molar-refractivity contribution is 0.213.